The third kappa shape index (κ3) is 7.28. The molecule has 0 heterocycles. The number of carbonyl (C=O) groups excluding carboxylic acids is 3. The first kappa shape index (κ1) is 33.7. The summed E-state index contributed by atoms with van der Waals surface area (Å²) in [7, 11) is 1.49. The molecule has 252 valence electrons. The summed E-state index contributed by atoms with van der Waals surface area (Å²) in [6, 6.07) is 2.62. The molecule has 0 spiro atoms. The third-order valence-electron chi connectivity index (χ3n) is 11.5. The minimum Gasteiger partial charge on any atom is -0.493 e. The van der Waals surface area contributed by atoms with Crippen LogP contribution in [-0.4, -0.2) is 78.3 Å². The van der Waals surface area contributed by atoms with Gasteiger partial charge in [0.15, 0.2) is 11.5 Å². The minimum absolute atomic E-state index is 0.0531. The van der Waals surface area contributed by atoms with Crippen LogP contribution in [0.2, 0.25) is 0 Å². The average molecular weight is 749 g/mol. The van der Waals surface area contributed by atoms with Crippen LogP contribution < -0.4 is 14.8 Å². The number of aliphatic hydroxyl groups excluding tert-OH is 2. The highest BCUT2D eigenvalue weighted by molar-refractivity contribution is 14.1. The molecule has 7 rings (SSSR count). The van der Waals surface area contributed by atoms with E-state index in [4.69, 9.17) is 9.47 Å². The Morgan fingerprint density at radius 1 is 1.11 bits per heavy atom. The number of aliphatic hydroxyl groups is 2. The molecule has 0 saturated heterocycles. The molecule has 0 radical (unpaired) electrons. The molecule has 6 aliphatic carbocycles. The second-order valence-corrected chi connectivity index (χ2v) is 16.0. The summed E-state index contributed by atoms with van der Waals surface area (Å²) < 4.78 is 12.7. The number of methoxy groups -OCH3 is 1. The van der Waals surface area contributed by atoms with Gasteiger partial charge in [-0.15, -0.1) is 0 Å². The number of amides is 2. The van der Waals surface area contributed by atoms with Crippen LogP contribution in [0.4, 0.5) is 0 Å². The van der Waals surface area contributed by atoms with Gasteiger partial charge in [0.25, 0.3) is 0 Å². The molecule has 0 unspecified atom stereocenters. The Hall–Kier alpha value is -2.18. The Morgan fingerprint density at radius 3 is 2.39 bits per heavy atom. The van der Waals surface area contributed by atoms with Gasteiger partial charge in [0.05, 0.1) is 23.3 Å². The van der Waals surface area contributed by atoms with Gasteiger partial charge in [0.2, 0.25) is 11.8 Å². The second-order valence-electron chi connectivity index (χ2n) is 14.8. The summed E-state index contributed by atoms with van der Waals surface area (Å²) in [5, 5.41) is 24.3. The van der Waals surface area contributed by atoms with E-state index in [2.05, 4.69) is 27.9 Å². The molecule has 46 heavy (non-hydrogen) atoms. The van der Waals surface area contributed by atoms with Crippen LogP contribution in [0.1, 0.15) is 93.8 Å². The number of nitrogens with zero attached hydrogens (tertiary/aromatic N) is 1. The fourth-order valence-electron chi connectivity index (χ4n) is 9.84. The van der Waals surface area contributed by atoms with Gasteiger partial charge in [-0.3, -0.25) is 14.4 Å². The van der Waals surface area contributed by atoms with Crippen molar-refractivity contribution in [2.75, 3.05) is 26.8 Å². The fourth-order valence-corrected chi connectivity index (χ4v) is 10.6. The molecule has 1 aromatic rings. The Kier molecular flexibility index (Phi) is 10.6. The van der Waals surface area contributed by atoms with Crippen molar-refractivity contribution in [1.82, 2.24) is 10.2 Å². The summed E-state index contributed by atoms with van der Waals surface area (Å²) in [4.78, 5) is 41.2. The van der Waals surface area contributed by atoms with E-state index in [1.807, 2.05) is 4.90 Å². The van der Waals surface area contributed by atoms with Gasteiger partial charge in [-0.25, -0.2) is 0 Å². The van der Waals surface area contributed by atoms with E-state index in [0.29, 0.717) is 45.1 Å². The van der Waals surface area contributed by atoms with Crippen molar-refractivity contribution < 1.29 is 34.1 Å². The Bertz CT molecular complexity index is 1290. The van der Waals surface area contributed by atoms with Crippen molar-refractivity contribution in [2.45, 2.75) is 102 Å². The van der Waals surface area contributed by atoms with E-state index >= 15 is 0 Å². The number of ether oxygens (including phenoxy) is 2. The van der Waals surface area contributed by atoms with Crippen LogP contribution in [0.3, 0.4) is 0 Å². The second kappa shape index (κ2) is 14.5. The van der Waals surface area contributed by atoms with E-state index in [0.717, 1.165) is 49.7 Å². The third-order valence-corrected chi connectivity index (χ3v) is 12.3. The van der Waals surface area contributed by atoms with Crippen LogP contribution in [-0.2, 0) is 9.59 Å². The van der Waals surface area contributed by atoms with Gasteiger partial charge >= 0.3 is 0 Å². The predicted octanol–water partition coefficient (Wildman–Crippen LogP) is 5.04. The number of hydrogen-bond acceptors (Lipinski definition) is 7. The van der Waals surface area contributed by atoms with Crippen molar-refractivity contribution in [3.63, 3.8) is 0 Å². The topological polar surface area (TPSA) is 125 Å². The van der Waals surface area contributed by atoms with Gasteiger partial charge < -0.3 is 29.9 Å². The monoisotopic (exact) mass is 748 g/mol. The Labute approximate surface area is 286 Å². The molecular weight excluding hydrogens is 699 g/mol. The maximum atomic E-state index is 14.4. The Morgan fingerprint density at radius 2 is 1.78 bits per heavy atom. The normalized spacial score (nSPS) is 31.8. The zero-order valence-electron chi connectivity index (χ0n) is 26.9. The number of nitrogens with one attached hydrogen (secondary N) is 1. The summed E-state index contributed by atoms with van der Waals surface area (Å²) in [6.45, 7) is 0.515. The summed E-state index contributed by atoms with van der Waals surface area (Å²) in [6.07, 6.45) is 14.0. The quantitative estimate of drug-likeness (QED) is 0.191. The van der Waals surface area contributed by atoms with Crippen molar-refractivity contribution in [3.05, 3.63) is 32.9 Å². The van der Waals surface area contributed by atoms with Gasteiger partial charge in [-0.05, 0) is 115 Å². The first-order chi connectivity index (χ1) is 22.2. The van der Waals surface area contributed by atoms with Gasteiger partial charge in [-0.2, -0.15) is 0 Å². The number of rotatable bonds is 13. The summed E-state index contributed by atoms with van der Waals surface area (Å²) >= 11 is 2.08. The number of hydrogen-bond donors (Lipinski definition) is 3. The first-order valence-corrected chi connectivity index (χ1v) is 18.4. The molecule has 5 fully saturated rings. The molecule has 5 saturated carbocycles. The Balaban J connectivity index is 1.32. The summed E-state index contributed by atoms with van der Waals surface area (Å²) in [5.74, 6) is 3.16. The lowest BCUT2D eigenvalue weighted by Gasteiger charge is -2.58. The standard InChI is InChI=1S/C36H49IN2O7/c1-45-31-14-26(20-41)13-28(37)34(31)46-30-16-27(35(44)38-8-9-40)15-29(33(30)43)39(32(42)7-6-22-4-2-3-5-22)21-36-17-23-10-24(18-36)12-25(11-23)19-36/h13-14,16,20,22-25,29-30,33,40,43H,2-12,15,17-19,21H2,1H3,(H,38,44)/t23?,24?,25?,29-,30+,33+,36?/m1/s1. The lowest BCUT2D eigenvalue weighted by molar-refractivity contribution is -0.147. The molecule has 1 aromatic carbocycles. The first-order valence-electron chi connectivity index (χ1n) is 17.3. The number of carbonyl (C=O) groups is 3. The zero-order valence-corrected chi connectivity index (χ0v) is 29.1. The van der Waals surface area contributed by atoms with Crippen molar-refractivity contribution in [3.8, 4) is 11.5 Å². The lowest BCUT2D eigenvalue weighted by Crippen LogP contribution is -2.59. The smallest absolute Gasteiger partial charge is 0.247 e. The maximum absolute atomic E-state index is 14.4. The molecule has 6 aliphatic rings. The molecule has 4 bridgehead atoms. The van der Waals surface area contributed by atoms with Crippen molar-refractivity contribution in [2.24, 2.45) is 29.1 Å². The number of benzene rings is 1. The van der Waals surface area contributed by atoms with E-state index in [9.17, 15) is 24.6 Å². The van der Waals surface area contributed by atoms with E-state index < -0.39 is 18.2 Å². The molecule has 3 N–H and O–H groups in total. The SMILES string of the molecule is COc1cc(C=O)cc(I)c1O[C@H]1C=C(C(=O)NCCO)C[C@@H](N(CC23CC4CC(CC(C4)C2)C3)C(=O)CCC2CCCC2)[C@@H]1O. The lowest BCUT2D eigenvalue weighted by atomic mass is 9.49. The van der Waals surface area contributed by atoms with Crippen LogP contribution >= 0.6 is 22.6 Å². The minimum atomic E-state index is -1.09. The van der Waals surface area contributed by atoms with Gasteiger partial charge in [0.1, 0.15) is 18.5 Å². The highest BCUT2D eigenvalue weighted by Crippen LogP contribution is 2.60. The largest absolute Gasteiger partial charge is 0.493 e. The molecule has 2 amide bonds. The number of halogens is 1. The zero-order chi connectivity index (χ0) is 32.4. The maximum Gasteiger partial charge on any atom is 0.247 e. The molecule has 0 aliphatic heterocycles. The average Bonchev–Trinajstić information content (AvgIpc) is 3.56. The molecular formula is C36H49IN2O7. The van der Waals surface area contributed by atoms with E-state index in [1.54, 1.807) is 18.2 Å². The van der Waals surface area contributed by atoms with Crippen LogP contribution in [0, 0.1) is 32.7 Å². The predicted molar refractivity (Wildman–Crippen MR) is 182 cm³/mol. The van der Waals surface area contributed by atoms with Crippen molar-refractivity contribution >= 4 is 40.7 Å². The highest BCUT2D eigenvalue weighted by atomic mass is 127. The molecule has 3 atom stereocenters. The highest BCUT2D eigenvalue weighted by Gasteiger charge is 2.53. The van der Waals surface area contributed by atoms with Gasteiger partial charge in [0, 0.05) is 37.1 Å². The van der Waals surface area contributed by atoms with E-state index in [1.165, 1.54) is 52.1 Å². The van der Waals surface area contributed by atoms with E-state index in [-0.39, 0.29) is 36.8 Å². The van der Waals surface area contributed by atoms with Crippen LogP contribution in [0.5, 0.6) is 11.5 Å². The molecule has 10 heteroatoms. The molecule has 0 aromatic heterocycles. The van der Waals surface area contributed by atoms with Gasteiger partial charge in [-0.1, -0.05) is 25.7 Å². The van der Waals surface area contributed by atoms with Crippen molar-refractivity contribution in [1.29, 1.82) is 0 Å². The molecule has 9 nitrogen and oxygen atoms in total. The summed E-state index contributed by atoms with van der Waals surface area (Å²) in [5.41, 5.74) is 0.911. The fraction of sp³-hybridized carbons (Fsp3) is 0.694. The number of aldehydes is 1. The van der Waals surface area contributed by atoms with Crippen LogP contribution in [0.15, 0.2) is 23.8 Å². The van der Waals surface area contributed by atoms with Crippen LogP contribution in [0.25, 0.3) is 0 Å².